The highest BCUT2D eigenvalue weighted by atomic mass is 16.1. The summed E-state index contributed by atoms with van der Waals surface area (Å²) >= 11 is 0. The minimum absolute atomic E-state index is 0.0351. The SMILES string of the molecule is CCc1ccc(NC(=O)Cn2c(CC)nc3ccccc32)cc1. The average molecular weight is 307 g/mol. The molecule has 1 N–H and O–H groups in total. The van der Waals surface area contributed by atoms with Crippen LogP contribution in [-0.2, 0) is 24.2 Å². The zero-order valence-corrected chi connectivity index (χ0v) is 13.5. The van der Waals surface area contributed by atoms with Crippen molar-refractivity contribution < 1.29 is 4.79 Å². The second-order valence-corrected chi connectivity index (χ2v) is 5.56. The molecule has 3 rings (SSSR count). The van der Waals surface area contributed by atoms with Crippen LogP contribution in [0.15, 0.2) is 48.5 Å². The van der Waals surface area contributed by atoms with Crippen LogP contribution in [0.3, 0.4) is 0 Å². The van der Waals surface area contributed by atoms with Gasteiger partial charge in [-0.1, -0.05) is 38.1 Å². The van der Waals surface area contributed by atoms with Gasteiger partial charge < -0.3 is 9.88 Å². The molecule has 1 heterocycles. The van der Waals surface area contributed by atoms with E-state index >= 15 is 0 Å². The molecule has 0 saturated heterocycles. The van der Waals surface area contributed by atoms with Crippen LogP contribution in [-0.4, -0.2) is 15.5 Å². The number of para-hydroxylation sites is 2. The number of hydrogen-bond acceptors (Lipinski definition) is 2. The van der Waals surface area contributed by atoms with Gasteiger partial charge >= 0.3 is 0 Å². The van der Waals surface area contributed by atoms with E-state index in [2.05, 4.69) is 24.1 Å². The molecule has 0 fully saturated rings. The minimum Gasteiger partial charge on any atom is -0.325 e. The number of carbonyl (C=O) groups excluding carboxylic acids is 1. The number of imidazole rings is 1. The number of aromatic nitrogens is 2. The van der Waals surface area contributed by atoms with E-state index in [1.54, 1.807) is 0 Å². The first-order valence-electron chi connectivity index (χ1n) is 8.04. The lowest BCUT2D eigenvalue weighted by Crippen LogP contribution is -2.20. The van der Waals surface area contributed by atoms with E-state index in [0.29, 0.717) is 0 Å². The van der Waals surface area contributed by atoms with Gasteiger partial charge in [0.1, 0.15) is 12.4 Å². The quantitative estimate of drug-likeness (QED) is 0.779. The largest absolute Gasteiger partial charge is 0.325 e. The number of fused-ring (bicyclic) bond motifs is 1. The van der Waals surface area contributed by atoms with Crippen molar-refractivity contribution in [2.45, 2.75) is 33.2 Å². The predicted molar refractivity (Wildman–Crippen MR) is 93.6 cm³/mol. The molecule has 3 aromatic rings. The molecule has 0 spiro atoms. The van der Waals surface area contributed by atoms with Crippen molar-refractivity contribution in [3.63, 3.8) is 0 Å². The van der Waals surface area contributed by atoms with E-state index in [9.17, 15) is 4.79 Å². The van der Waals surface area contributed by atoms with Crippen molar-refractivity contribution in [3.05, 3.63) is 59.9 Å². The highest BCUT2D eigenvalue weighted by molar-refractivity contribution is 5.91. The first-order chi connectivity index (χ1) is 11.2. The van der Waals surface area contributed by atoms with Crippen molar-refractivity contribution in [1.82, 2.24) is 9.55 Å². The second kappa shape index (κ2) is 6.65. The summed E-state index contributed by atoms with van der Waals surface area (Å²) in [5.41, 5.74) is 4.02. The van der Waals surface area contributed by atoms with Crippen LogP contribution < -0.4 is 5.32 Å². The Morgan fingerprint density at radius 1 is 1.04 bits per heavy atom. The van der Waals surface area contributed by atoms with Crippen LogP contribution in [0, 0.1) is 0 Å². The lowest BCUT2D eigenvalue weighted by molar-refractivity contribution is -0.116. The number of carbonyl (C=O) groups is 1. The number of rotatable bonds is 5. The minimum atomic E-state index is -0.0351. The number of nitrogens with one attached hydrogen (secondary N) is 1. The third-order valence-electron chi connectivity index (χ3n) is 4.00. The topological polar surface area (TPSA) is 46.9 Å². The van der Waals surface area contributed by atoms with Crippen molar-refractivity contribution in [2.75, 3.05) is 5.32 Å². The smallest absolute Gasteiger partial charge is 0.244 e. The van der Waals surface area contributed by atoms with Crippen molar-refractivity contribution in [2.24, 2.45) is 0 Å². The summed E-state index contributed by atoms with van der Waals surface area (Å²) in [6.45, 7) is 4.45. The van der Waals surface area contributed by atoms with Gasteiger partial charge in [0.2, 0.25) is 5.91 Å². The third-order valence-corrected chi connectivity index (χ3v) is 4.00. The molecule has 0 aliphatic carbocycles. The summed E-state index contributed by atoms with van der Waals surface area (Å²) in [6, 6.07) is 15.9. The first kappa shape index (κ1) is 15.3. The molecule has 2 aromatic carbocycles. The zero-order chi connectivity index (χ0) is 16.2. The molecular formula is C19H21N3O. The van der Waals surface area contributed by atoms with Crippen LogP contribution in [0.4, 0.5) is 5.69 Å². The molecule has 0 unspecified atom stereocenters. The number of benzene rings is 2. The van der Waals surface area contributed by atoms with Crippen molar-refractivity contribution in [3.8, 4) is 0 Å². The Morgan fingerprint density at radius 3 is 2.48 bits per heavy atom. The number of amides is 1. The number of aryl methyl sites for hydroxylation is 2. The van der Waals surface area contributed by atoms with Gasteiger partial charge in [0.25, 0.3) is 0 Å². The zero-order valence-electron chi connectivity index (χ0n) is 13.5. The molecule has 118 valence electrons. The van der Waals surface area contributed by atoms with Crippen molar-refractivity contribution >= 4 is 22.6 Å². The maximum absolute atomic E-state index is 12.4. The standard InChI is InChI=1S/C19H21N3O/c1-3-14-9-11-15(12-10-14)20-19(23)13-22-17-8-6-5-7-16(17)21-18(22)4-2/h5-12H,3-4,13H2,1-2H3,(H,20,23). The first-order valence-corrected chi connectivity index (χ1v) is 8.04. The highest BCUT2D eigenvalue weighted by Crippen LogP contribution is 2.17. The molecule has 0 aliphatic heterocycles. The normalized spacial score (nSPS) is 10.9. The van der Waals surface area contributed by atoms with E-state index in [4.69, 9.17) is 0 Å². The fraction of sp³-hybridized carbons (Fsp3) is 0.263. The van der Waals surface area contributed by atoms with Gasteiger partial charge in [-0.2, -0.15) is 0 Å². The Balaban J connectivity index is 1.79. The van der Waals surface area contributed by atoms with Crippen molar-refractivity contribution in [1.29, 1.82) is 0 Å². The van der Waals surface area contributed by atoms with E-state index < -0.39 is 0 Å². The Morgan fingerprint density at radius 2 is 1.78 bits per heavy atom. The molecule has 1 aromatic heterocycles. The van der Waals surface area contributed by atoms with Crippen LogP contribution >= 0.6 is 0 Å². The fourth-order valence-electron chi connectivity index (χ4n) is 2.74. The van der Waals surface area contributed by atoms with E-state index in [1.807, 2.05) is 53.1 Å². The molecule has 0 radical (unpaired) electrons. The molecule has 0 saturated carbocycles. The molecule has 4 heteroatoms. The summed E-state index contributed by atoms with van der Waals surface area (Å²) in [4.78, 5) is 17.0. The maximum atomic E-state index is 12.4. The van der Waals surface area contributed by atoms with Crippen LogP contribution in [0.2, 0.25) is 0 Å². The maximum Gasteiger partial charge on any atom is 0.244 e. The molecule has 1 amide bonds. The van der Waals surface area contributed by atoms with Gasteiger partial charge in [-0.05, 0) is 36.2 Å². The summed E-state index contributed by atoms with van der Waals surface area (Å²) in [7, 11) is 0. The lowest BCUT2D eigenvalue weighted by atomic mass is 10.1. The molecule has 0 aliphatic rings. The highest BCUT2D eigenvalue weighted by Gasteiger charge is 2.12. The van der Waals surface area contributed by atoms with Gasteiger partial charge in [0.05, 0.1) is 11.0 Å². The third kappa shape index (κ3) is 3.26. The Hall–Kier alpha value is -2.62. The molecule has 0 bridgehead atoms. The predicted octanol–water partition coefficient (Wildman–Crippen LogP) is 3.80. The monoisotopic (exact) mass is 307 g/mol. The van der Waals surface area contributed by atoms with E-state index in [0.717, 1.165) is 35.4 Å². The van der Waals surface area contributed by atoms with Gasteiger partial charge in [-0.3, -0.25) is 4.79 Å². The second-order valence-electron chi connectivity index (χ2n) is 5.56. The summed E-state index contributed by atoms with van der Waals surface area (Å²) in [5.74, 6) is 0.898. The Bertz CT molecular complexity index is 818. The number of anilines is 1. The summed E-state index contributed by atoms with van der Waals surface area (Å²) in [6.07, 6.45) is 1.79. The molecule has 23 heavy (non-hydrogen) atoms. The average Bonchev–Trinajstić information content (AvgIpc) is 2.93. The van der Waals surface area contributed by atoms with Gasteiger partial charge in [0, 0.05) is 12.1 Å². The van der Waals surface area contributed by atoms with E-state index in [1.165, 1.54) is 5.56 Å². The van der Waals surface area contributed by atoms with E-state index in [-0.39, 0.29) is 12.5 Å². The van der Waals surface area contributed by atoms with Gasteiger partial charge in [-0.25, -0.2) is 4.98 Å². The summed E-state index contributed by atoms with van der Waals surface area (Å²) < 4.78 is 1.99. The van der Waals surface area contributed by atoms with Gasteiger partial charge in [-0.15, -0.1) is 0 Å². The van der Waals surface area contributed by atoms with Gasteiger partial charge in [0.15, 0.2) is 0 Å². The molecule has 4 nitrogen and oxygen atoms in total. The summed E-state index contributed by atoms with van der Waals surface area (Å²) in [5, 5.41) is 2.96. The fourth-order valence-corrected chi connectivity index (χ4v) is 2.74. The molecular weight excluding hydrogens is 286 g/mol. The van der Waals surface area contributed by atoms with Crippen LogP contribution in [0.1, 0.15) is 25.2 Å². The Kier molecular flexibility index (Phi) is 4.42. The van der Waals surface area contributed by atoms with Crippen LogP contribution in [0.5, 0.6) is 0 Å². The van der Waals surface area contributed by atoms with Crippen LogP contribution in [0.25, 0.3) is 11.0 Å². The molecule has 0 atom stereocenters. The lowest BCUT2D eigenvalue weighted by Gasteiger charge is -2.09. The number of nitrogens with zero attached hydrogens (tertiary/aromatic N) is 2. The number of hydrogen-bond donors (Lipinski definition) is 1. The Labute approximate surface area is 136 Å².